The van der Waals surface area contributed by atoms with Crippen molar-refractivity contribution in [1.29, 1.82) is 0 Å². The molecule has 3 nitrogen and oxygen atoms in total. The van der Waals surface area contributed by atoms with Crippen LogP contribution in [0.5, 0.6) is 0 Å². The highest BCUT2D eigenvalue weighted by atomic mass is 16.2. The Kier molecular flexibility index (Phi) is 3.01. The maximum absolute atomic E-state index is 11.8. The zero-order valence-electron chi connectivity index (χ0n) is 13.3. The number of anilines is 1. The summed E-state index contributed by atoms with van der Waals surface area (Å²) >= 11 is 0. The number of aldehydes is 1. The van der Waals surface area contributed by atoms with Gasteiger partial charge in [-0.05, 0) is 35.4 Å². The number of amides is 1. The first kappa shape index (κ1) is 14.3. The minimum Gasteiger partial charge on any atom is -0.312 e. The van der Waals surface area contributed by atoms with Crippen LogP contribution in [0.4, 0.5) is 5.69 Å². The largest absolute Gasteiger partial charge is 0.312 e. The van der Waals surface area contributed by atoms with Crippen molar-refractivity contribution in [2.45, 2.75) is 51.4 Å². The maximum atomic E-state index is 11.8. The summed E-state index contributed by atoms with van der Waals surface area (Å²) in [5.74, 6) is 0.245. The second kappa shape index (κ2) is 4.43. The molecule has 3 heteroatoms. The molecule has 1 heterocycles. The summed E-state index contributed by atoms with van der Waals surface area (Å²) in [6.45, 7) is 9.04. The van der Waals surface area contributed by atoms with Gasteiger partial charge >= 0.3 is 0 Å². The summed E-state index contributed by atoms with van der Waals surface area (Å²) in [5.41, 5.74) is 3.57. The molecule has 2 aliphatic rings. The van der Waals surface area contributed by atoms with Gasteiger partial charge in [0, 0.05) is 30.5 Å². The van der Waals surface area contributed by atoms with Gasteiger partial charge in [-0.1, -0.05) is 32.9 Å². The Morgan fingerprint density at radius 1 is 1.33 bits per heavy atom. The van der Waals surface area contributed by atoms with Gasteiger partial charge in [-0.3, -0.25) is 4.79 Å². The monoisotopic (exact) mass is 285 g/mol. The van der Waals surface area contributed by atoms with Crippen LogP contribution in [0.3, 0.4) is 0 Å². The first-order valence-corrected chi connectivity index (χ1v) is 7.68. The van der Waals surface area contributed by atoms with Crippen LogP contribution in [-0.4, -0.2) is 18.7 Å². The van der Waals surface area contributed by atoms with Gasteiger partial charge in [0.05, 0.1) is 0 Å². The van der Waals surface area contributed by atoms with Gasteiger partial charge in [-0.25, -0.2) is 0 Å². The van der Waals surface area contributed by atoms with Crippen molar-refractivity contribution in [1.82, 2.24) is 0 Å². The highest BCUT2D eigenvalue weighted by Gasteiger charge is 2.51. The molecule has 1 fully saturated rings. The van der Waals surface area contributed by atoms with Gasteiger partial charge in [0.1, 0.15) is 6.29 Å². The number of carbonyl (C=O) groups is 2. The van der Waals surface area contributed by atoms with Crippen molar-refractivity contribution < 1.29 is 9.59 Å². The highest BCUT2D eigenvalue weighted by molar-refractivity contribution is 5.93. The zero-order valence-corrected chi connectivity index (χ0v) is 13.3. The SMILES string of the molecule is CC(=O)N1CCC(C)(C)c2cc([C@@]3(C)C[C@@H]3C=O)ccc21. The first-order valence-electron chi connectivity index (χ1n) is 7.68. The van der Waals surface area contributed by atoms with E-state index in [4.69, 9.17) is 0 Å². The third-order valence-electron chi connectivity index (χ3n) is 5.48. The molecule has 0 saturated heterocycles. The molecule has 1 aromatic carbocycles. The maximum Gasteiger partial charge on any atom is 0.223 e. The molecule has 1 aromatic rings. The number of carbonyl (C=O) groups excluding carboxylic acids is 2. The van der Waals surface area contributed by atoms with E-state index >= 15 is 0 Å². The summed E-state index contributed by atoms with van der Waals surface area (Å²) in [6, 6.07) is 6.39. The summed E-state index contributed by atoms with van der Waals surface area (Å²) in [6.07, 6.45) is 2.98. The Balaban J connectivity index is 2.08. The molecule has 112 valence electrons. The van der Waals surface area contributed by atoms with Crippen molar-refractivity contribution in [3.05, 3.63) is 29.3 Å². The number of hydrogen-bond acceptors (Lipinski definition) is 2. The van der Waals surface area contributed by atoms with Crippen molar-refractivity contribution in [2.24, 2.45) is 5.92 Å². The standard InChI is InChI=1S/C18H23NO2/c1-12(21)19-8-7-17(2,3)15-9-13(5-6-16(15)19)18(4)10-14(18)11-20/h5-6,9,11,14H,7-8,10H2,1-4H3/t14-,18-/m1/s1. The molecule has 0 aromatic heterocycles. The molecule has 1 aliphatic heterocycles. The topological polar surface area (TPSA) is 37.4 Å². The molecular formula is C18H23NO2. The minimum absolute atomic E-state index is 0.00857. The quantitative estimate of drug-likeness (QED) is 0.783. The zero-order chi connectivity index (χ0) is 15.4. The first-order chi connectivity index (χ1) is 9.79. The Morgan fingerprint density at radius 3 is 2.62 bits per heavy atom. The molecule has 1 aliphatic carbocycles. The lowest BCUT2D eigenvalue weighted by Crippen LogP contribution is -2.40. The minimum atomic E-state index is -0.00857. The van der Waals surface area contributed by atoms with E-state index in [0.717, 1.165) is 31.4 Å². The van der Waals surface area contributed by atoms with E-state index in [1.54, 1.807) is 6.92 Å². The number of nitrogens with zero attached hydrogens (tertiary/aromatic N) is 1. The van der Waals surface area contributed by atoms with Gasteiger partial charge < -0.3 is 9.69 Å². The van der Waals surface area contributed by atoms with Gasteiger partial charge in [-0.2, -0.15) is 0 Å². The smallest absolute Gasteiger partial charge is 0.223 e. The van der Waals surface area contributed by atoms with Crippen molar-refractivity contribution in [3.63, 3.8) is 0 Å². The van der Waals surface area contributed by atoms with E-state index in [-0.39, 0.29) is 22.7 Å². The van der Waals surface area contributed by atoms with E-state index in [2.05, 4.69) is 39.0 Å². The van der Waals surface area contributed by atoms with Crippen molar-refractivity contribution >= 4 is 17.9 Å². The second-order valence-corrected chi connectivity index (χ2v) is 7.40. The van der Waals surface area contributed by atoms with Gasteiger partial charge in [0.15, 0.2) is 0 Å². The fraction of sp³-hybridized carbons (Fsp3) is 0.556. The Morgan fingerprint density at radius 2 is 2.05 bits per heavy atom. The Labute approximate surface area is 126 Å². The lowest BCUT2D eigenvalue weighted by atomic mass is 9.76. The van der Waals surface area contributed by atoms with E-state index in [1.165, 1.54) is 11.1 Å². The predicted octanol–water partition coefficient (Wildman–Crippen LogP) is 3.20. The van der Waals surface area contributed by atoms with E-state index in [9.17, 15) is 9.59 Å². The molecular weight excluding hydrogens is 262 g/mol. The van der Waals surface area contributed by atoms with E-state index in [1.807, 2.05) is 4.90 Å². The summed E-state index contributed by atoms with van der Waals surface area (Å²) in [7, 11) is 0. The number of hydrogen-bond donors (Lipinski definition) is 0. The van der Waals surface area contributed by atoms with Crippen LogP contribution in [-0.2, 0) is 20.4 Å². The molecule has 0 spiro atoms. The molecule has 0 radical (unpaired) electrons. The average molecular weight is 285 g/mol. The van der Waals surface area contributed by atoms with Crippen LogP contribution in [0, 0.1) is 5.92 Å². The van der Waals surface area contributed by atoms with E-state index < -0.39 is 0 Å². The summed E-state index contributed by atoms with van der Waals surface area (Å²) < 4.78 is 0. The van der Waals surface area contributed by atoms with Crippen molar-refractivity contribution in [2.75, 3.05) is 11.4 Å². The van der Waals surface area contributed by atoms with Crippen molar-refractivity contribution in [3.8, 4) is 0 Å². The van der Waals surface area contributed by atoms with Crippen LogP contribution >= 0.6 is 0 Å². The predicted molar refractivity (Wildman–Crippen MR) is 83.6 cm³/mol. The third kappa shape index (κ3) is 2.10. The van der Waals surface area contributed by atoms with Crippen LogP contribution in [0.25, 0.3) is 0 Å². The number of benzene rings is 1. The molecule has 21 heavy (non-hydrogen) atoms. The molecule has 3 rings (SSSR count). The van der Waals surface area contributed by atoms with E-state index in [0.29, 0.717) is 0 Å². The fourth-order valence-corrected chi connectivity index (χ4v) is 3.57. The van der Waals surface area contributed by atoms with Crippen LogP contribution in [0.1, 0.15) is 51.7 Å². The molecule has 1 amide bonds. The number of fused-ring (bicyclic) bond motifs is 1. The highest BCUT2D eigenvalue weighted by Crippen LogP contribution is 2.54. The molecule has 0 N–H and O–H groups in total. The number of rotatable bonds is 2. The van der Waals surface area contributed by atoms with Gasteiger partial charge in [-0.15, -0.1) is 0 Å². The van der Waals surface area contributed by atoms with Crippen LogP contribution in [0.15, 0.2) is 18.2 Å². The normalized spacial score (nSPS) is 29.7. The average Bonchev–Trinajstić information content (AvgIpc) is 3.10. The molecule has 2 atom stereocenters. The molecule has 1 saturated carbocycles. The van der Waals surface area contributed by atoms with Crippen LogP contribution < -0.4 is 4.90 Å². The second-order valence-electron chi connectivity index (χ2n) is 7.40. The Bertz CT molecular complexity index is 620. The van der Waals surface area contributed by atoms with Gasteiger partial charge in [0.2, 0.25) is 5.91 Å². The Hall–Kier alpha value is -1.64. The summed E-state index contributed by atoms with van der Waals surface area (Å²) in [5, 5.41) is 0. The molecule has 0 unspecified atom stereocenters. The van der Waals surface area contributed by atoms with Gasteiger partial charge in [0.25, 0.3) is 0 Å². The third-order valence-corrected chi connectivity index (χ3v) is 5.48. The summed E-state index contributed by atoms with van der Waals surface area (Å²) in [4.78, 5) is 24.8. The lowest BCUT2D eigenvalue weighted by molar-refractivity contribution is -0.116. The lowest BCUT2D eigenvalue weighted by Gasteiger charge is -2.39. The molecule has 0 bridgehead atoms. The van der Waals surface area contributed by atoms with Crippen LogP contribution in [0.2, 0.25) is 0 Å². The fourth-order valence-electron chi connectivity index (χ4n) is 3.57.